The van der Waals surface area contributed by atoms with E-state index in [-0.39, 0.29) is 468 Å². The molecule has 1 aliphatic heterocycles. The van der Waals surface area contributed by atoms with Gasteiger partial charge in [0.2, 0.25) is 83.2 Å². The van der Waals surface area contributed by atoms with Crippen LogP contribution >= 0.6 is 0 Å². The number of hydrogen-bond acceptors (Lipinski definition) is 38. The van der Waals surface area contributed by atoms with E-state index in [2.05, 4.69) is 42.4 Å². The first-order chi connectivity index (χ1) is 25.5. The molecule has 1 fully saturated rings. The van der Waals surface area contributed by atoms with Crippen LogP contribution in [0.3, 0.4) is 0 Å². The van der Waals surface area contributed by atoms with Gasteiger partial charge in [0.1, 0.15) is 42.7 Å². The van der Waals surface area contributed by atoms with Crippen LogP contribution in [0.1, 0.15) is 0 Å². The largest absolute Gasteiger partial charge is 1.00 e. The quantitative estimate of drug-likeness (QED) is 0.0336. The molecule has 1 N–H and O–H groups in total. The molecule has 10 atom stereocenters. The van der Waals surface area contributed by atoms with E-state index in [4.69, 9.17) is 4.74 Å². The molecule has 38 nitrogen and oxygen atoms in total. The molecule has 0 aromatic rings. The molecule has 1 rings (SSSR count). The Morgan fingerprint density at radius 1 is 0.441 bits per heavy atom. The average molecular weight is 1410 g/mol. The molecule has 0 aliphatic carbocycles. The van der Waals surface area contributed by atoms with Crippen molar-refractivity contribution in [2.75, 3.05) is 19.8 Å². The van der Waals surface area contributed by atoms with E-state index in [1.54, 1.807) is 0 Å². The Balaban J connectivity index is -0.000000420. The maximum atomic E-state index is 11.6. The third-order valence-electron chi connectivity index (χ3n) is 5.41. The van der Waals surface area contributed by atoms with Gasteiger partial charge in [-0.15, -0.1) is 0 Å². The first-order valence-electron chi connectivity index (χ1n) is 12.6. The molecule has 1 aliphatic rings. The zero-order valence-corrected chi connectivity index (χ0v) is 71.0. The summed E-state index contributed by atoms with van der Waals surface area (Å²) in [5.74, 6) is 0. The smallest absolute Gasteiger partial charge is 0.870 e. The van der Waals surface area contributed by atoms with Crippen molar-refractivity contribution >= 4 is 94.6 Å². The molecular weight excluding hydrogens is 1390 g/mol. The monoisotopic (exact) mass is 1410 g/mol. The van der Waals surface area contributed by atoms with Gasteiger partial charge >= 0.3 is 462 Å². The maximum absolute atomic E-state index is 11.6. The van der Waals surface area contributed by atoms with Gasteiger partial charge in [-0.2, -0.15) is 0 Å². The van der Waals surface area contributed by atoms with Crippen molar-refractivity contribution in [2.45, 2.75) is 55.1 Å². The summed E-state index contributed by atoms with van der Waals surface area (Å²) in [5, 5.41) is 0. The standard InChI is InChI=1S/C12H24O37S9.9K.H2O/c13-50(14)43-7-4(2-40-51(15,16)17)42-12(11(49-58(36,37)38)10(7)48-57(33,34)35)39-1-5(44-53(21,22)23)8(46-55(27,28)29)9(47-56(30,31)32)6(45-54(24,25)26)3-41-52(18,19)20;;;;;;;;;;/h4-12H,1-3H2,(H,13,14)(H,15,16,17)(H,18,19,20)(H,21,22,23)(H,24,25,26)(H,27,28,29)(H,30,31,32)(H,33,34,35)(H,36,37,38);;;;;;;;;;1H2/q;9*+1;/p-10/t4-,5-,6-,7-,8-,9-,10+,11-,12-;;;;;;;;;;/m1........../s1. The van der Waals surface area contributed by atoms with Crippen LogP contribution in [0.25, 0.3) is 0 Å². The Labute approximate surface area is 773 Å². The van der Waals surface area contributed by atoms with E-state index >= 15 is 0 Å². The van der Waals surface area contributed by atoms with Crippen molar-refractivity contribution < 1.29 is 628 Å². The van der Waals surface area contributed by atoms with Crippen molar-refractivity contribution in [1.82, 2.24) is 0 Å². The Morgan fingerprint density at radius 3 is 1.06 bits per heavy atom. The SMILES string of the molecule is O=S([O-])O[C@H]1[C@H](OS(=O)(=O)[O-])[C@@H](OS(=O)(=O)[O-])[C@H](OC[C@@H](OS(=O)(=O)[O-])[C@@H](OS(=O)(=O)[O-])[C@H](OS(=O)(=O)[O-])[C@@H](COS(=O)(=O)[O-])OS(=O)(=O)[O-])O[C@@H]1COS(=O)(=O)[O-].[K+].[K+].[K+].[K+].[K+].[K+].[K+].[K+].[K+].[OH-]. The minimum atomic E-state index is -6.74. The van der Waals surface area contributed by atoms with Gasteiger partial charge in [-0.05, 0) is 0 Å². The van der Waals surface area contributed by atoms with Gasteiger partial charge in [0.15, 0.2) is 12.4 Å². The van der Waals surface area contributed by atoms with Crippen LogP contribution < -0.4 is 462 Å². The third-order valence-corrected chi connectivity index (χ3v) is 9.44. The minimum Gasteiger partial charge on any atom is -0.870 e. The van der Waals surface area contributed by atoms with E-state index in [0.29, 0.717) is 0 Å². The van der Waals surface area contributed by atoms with Gasteiger partial charge < -0.3 is 55.9 Å². The van der Waals surface area contributed by atoms with Crippen molar-refractivity contribution in [3.05, 3.63) is 0 Å². The first kappa shape index (κ1) is 103. The van der Waals surface area contributed by atoms with Gasteiger partial charge in [-0.1, -0.05) is 0 Å². The van der Waals surface area contributed by atoms with Crippen molar-refractivity contribution in [3.8, 4) is 0 Å². The molecule has 1 heterocycles. The first-order valence-corrected chi connectivity index (χ1v) is 24.3. The molecule has 0 spiro atoms. The fourth-order valence-electron chi connectivity index (χ4n) is 3.91. The summed E-state index contributed by atoms with van der Waals surface area (Å²) in [7, 11) is -51.6. The van der Waals surface area contributed by atoms with Crippen LogP contribution in [0.5, 0.6) is 0 Å². The van der Waals surface area contributed by atoms with Crippen LogP contribution in [0.2, 0.25) is 0 Å². The van der Waals surface area contributed by atoms with E-state index < -0.39 is 169 Å². The topological polar surface area (TPSA) is 629 Å². The summed E-state index contributed by atoms with van der Waals surface area (Å²) in [5.41, 5.74) is 0. The molecule has 0 radical (unpaired) electrons. The average Bonchev–Trinajstić information content (AvgIpc) is 2.92. The number of rotatable bonds is 26. The zero-order chi connectivity index (χ0) is 45.7. The molecule has 0 bridgehead atoms. The minimum absolute atomic E-state index is 0. The fraction of sp³-hybridized carbons (Fsp3) is 1.00. The second-order valence-corrected chi connectivity index (χ2v) is 18.2. The second-order valence-electron chi connectivity index (χ2n) is 9.49. The molecule has 68 heavy (non-hydrogen) atoms. The fourth-order valence-corrected chi connectivity index (χ4v) is 7.84. The van der Waals surface area contributed by atoms with Gasteiger partial charge in [-0.3, -0.25) is 37.6 Å². The normalized spacial score (nSPS) is 21.1. The summed E-state index contributed by atoms with van der Waals surface area (Å²) in [6.07, 6.45) is -31.4. The Morgan fingerprint density at radius 2 is 0.765 bits per heavy atom. The molecular formula is C12H16K9O38S9-. The number of ether oxygens (including phenoxy) is 2. The molecule has 356 valence electrons. The molecule has 0 saturated carbocycles. The van der Waals surface area contributed by atoms with Gasteiger partial charge in [0.05, 0.1) is 31.2 Å². The molecule has 0 amide bonds. The second kappa shape index (κ2) is 45.8. The Bertz CT molecular complexity index is 2370. The summed E-state index contributed by atoms with van der Waals surface area (Å²) < 4.78 is 340. The van der Waals surface area contributed by atoms with E-state index in [9.17, 15) is 113 Å². The van der Waals surface area contributed by atoms with Crippen LogP contribution in [0.15, 0.2) is 0 Å². The molecule has 0 aromatic heterocycles. The van der Waals surface area contributed by atoms with Gasteiger partial charge in [0, 0.05) is 0 Å². The van der Waals surface area contributed by atoms with Crippen LogP contribution in [0, 0.1) is 0 Å². The Kier molecular flexibility index (Phi) is 69.7. The van der Waals surface area contributed by atoms with E-state index in [1.165, 1.54) is 0 Å². The van der Waals surface area contributed by atoms with Crippen molar-refractivity contribution in [2.24, 2.45) is 0 Å². The molecule has 0 aromatic carbocycles. The molecule has 56 heteroatoms. The summed E-state index contributed by atoms with van der Waals surface area (Å²) >= 11 is -4.05. The predicted molar refractivity (Wildman–Crippen MR) is 149 cm³/mol. The molecule has 1 unspecified atom stereocenters. The molecule has 1 saturated heterocycles. The summed E-state index contributed by atoms with van der Waals surface area (Å²) in [4.78, 5) is 0. The van der Waals surface area contributed by atoms with E-state index in [1.807, 2.05) is 0 Å². The van der Waals surface area contributed by atoms with E-state index in [0.717, 1.165) is 0 Å². The summed E-state index contributed by atoms with van der Waals surface area (Å²) in [6.45, 7) is -6.88. The van der Waals surface area contributed by atoms with Gasteiger partial charge in [0.25, 0.3) is 0 Å². The van der Waals surface area contributed by atoms with Crippen LogP contribution in [0.4, 0.5) is 0 Å². The third kappa shape index (κ3) is 52.7. The van der Waals surface area contributed by atoms with Crippen molar-refractivity contribution in [3.63, 3.8) is 0 Å². The van der Waals surface area contributed by atoms with Crippen LogP contribution in [-0.2, 0) is 142 Å². The summed E-state index contributed by atoms with van der Waals surface area (Å²) in [6, 6.07) is 0. The van der Waals surface area contributed by atoms with Crippen LogP contribution in [-0.4, -0.2) is 193 Å². The number of hydrogen-bond donors (Lipinski definition) is 0. The maximum Gasteiger partial charge on any atom is 1.00 e. The van der Waals surface area contributed by atoms with Gasteiger partial charge in [-0.25, -0.2) is 71.6 Å². The Hall–Kier alpha value is 13.6. The zero-order valence-electron chi connectivity index (χ0n) is 35.5. The predicted octanol–water partition coefficient (Wildman–Crippen LogP) is -37.2. The van der Waals surface area contributed by atoms with Crippen molar-refractivity contribution in [1.29, 1.82) is 0 Å².